The van der Waals surface area contributed by atoms with Crippen molar-refractivity contribution in [3.05, 3.63) is 100 Å². The largest absolute Gasteiger partial charge is 0.439 e. The molecular formula is C22H15ClF2N2O2. The third kappa shape index (κ3) is 4.27. The first kappa shape index (κ1) is 19.1. The third-order valence-electron chi connectivity index (χ3n) is 4.40. The van der Waals surface area contributed by atoms with Gasteiger partial charge in [0.05, 0.1) is 12.1 Å². The average Bonchev–Trinajstić information content (AvgIpc) is 3.10. The normalized spacial score (nSPS) is 11.0. The Labute approximate surface area is 170 Å². The molecule has 0 fully saturated rings. The van der Waals surface area contributed by atoms with Crippen LogP contribution in [0.1, 0.15) is 21.8 Å². The molecule has 0 aliphatic heterocycles. The summed E-state index contributed by atoms with van der Waals surface area (Å²) in [6, 6.07) is 16.5. The van der Waals surface area contributed by atoms with Gasteiger partial charge in [0.2, 0.25) is 5.89 Å². The lowest BCUT2D eigenvalue weighted by atomic mass is 10.1. The maximum absolute atomic E-state index is 14.2. The number of rotatable bonds is 5. The Morgan fingerprint density at radius 3 is 2.52 bits per heavy atom. The van der Waals surface area contributed by atoms with Crippen molar-refractivity contribution in [1.82, 2.24) is 9.88 Å². The number of halogens is 3. The van der Waals surface area contributed by atoms with Crippen LogP contribution in [0.25, 0.3) is 11.1 Å². The molecule has 146 valence electrons. The van der Waals surface area contributed by atoms with Crippen LogP contribution in [-0.4, -0.2) is 15.8 Å². The number of benzene rings is 3. The predicted octanol–water partition coefficient (Wildman–Crippen LogP) is 5.60. The Morgan fingerprint density at radius 1 is 1.00 bits per heavy atom. The van der Waals surface area contributed by atoms with Gasteiger partial charge in [-0.2, -0.15) is 0 Å². The number of fused-ring (bicyclic) bond motifs is 1. The minimum atomic E-state index is -0.619. The molecule has 0 aliphatic rings. The Morgan fingerprint density at radius 2 is 1.76 bits per heavy atom. The zero-order valence-corrected chi connectivity index (χ0v) is 15.9. The number of aromatic nitrogens is 1. The van der Waals surface area contributed by atoms with Crippen LogP contribution in [0.5, 0.6) is 0 Å². The van der Waals surface area contributed by atoms with Crippen LogP contribution in [0, 0.1) is 11.6 Å². The highest BCUT2D eigenvalue weighted by molar-refractivity contribution is 6.31. The molecule has 0 N–H and O–H groups in total. The molecule has 3 aromatic carbocycles. The molecule has 4 nitrogen and oxygen atoms in total. The Bertz CT molecular complexity index is 1180. The fraction of sp³-hybridized carbons (Fsp3) is 0.0909. The Kier molecular flexibility index (Phi) is 5.27. The molecule has 0 unspecified atom stereocenters. The van der Waals surface area contributed by atoms with E-state index in [0.717, 1.165) is 0 Å². The first-order chi connectivity index (χ1) is 14.0. The van der Waals surface area contributed by atoms with Gasteiger partial charge in [0.1, 0.15) is 17.2 Å². The number of hydrogen-bond donors (Lipinski definition) is 0. The van der Waals surface area contributed by atoms with Crippen molar-refractivity contribution in [3.63, 3.8) is 0 Å². The number of nitrogens with zero attached hydrogens (tertiary/aromatic N) is 2. The highest BCUT2D eigenvalue weighted by Gasteiger charge is 2.22. The molecule has 4 rings (SSSR count). The Balaban J connectivity index is 1.67. The molecule has 1 amide bonds. The van der Waals surface area contributed by atoms with E-state index in [1.54, 1.807) is 36.4 Å². The molecule has 4 aromatic rings. The summed E-state index contributed by atoms with van der Waals surface area (Å²) in [6.45, 7) is 0.143. The number of hydrogen-bond acceptors (Lipinski definition) is 3. The lowest BCUT2D eigenvalue weighted by Gasteiger charge is -2.21. The zero-order chi connectivity index (χ0) is 20.4. The minimum absolute atomic E-state index is 0.0108. The molecule has 1 aromatic heterocycles. The summed E-state index contributed by atoms with van der Waals surface area (Å²) in [7, 11) is 0. The van der Waals surface area contributed by atoms with Crippen LogP contribution >= 0.6 is 11.6 Å². The summed E-state index contributed by atoms with van der Waals surface area (Å²) in [6.07, 6.45) is 0. The smallest absolute Gasteiger partial charge is 0.257 e. The van der Waals surface area contributed by atoms with Gasteiger partial charge in [-0.05, 0) is 48.0 Å². The molecular weight excluding hydrogens is 398 g/mol. The van der Waals surface area contributed by atoms with Crippen LogP contribution < -0.4 is 0 Å². The Hall–Kier alpha value is -3.25. The van der Waals surface area contributed by atoms with Crippen molar-refractivity contribution in [1.29, 1.82) is 0 Å². The van der Waals surface area contributed by atoms with E-state index in [9.17, 15) is 13.6 Å². The first-order valence-corrected chi connectivity index (χ1v) is 9.20. The lowest BCUT2D eigenvalue weighted by Crippen LogP contribution is -2.31. The molecule has 0 aliphatic carbocycles. The molecule has 0 spiro atoms. The van der Waals surface area contributed by atoms with Gasteiger partial charge in [0, 0.05) is 11.6 Å². The second-order valence-electron chi connectivity index (χ2n) is 6.49. The van der Waals surface area contributed by atoms with Gasteiger partial charge in [0.15, 0.2) is 5.58 Å². The third-order valence-corrected chi connectivity index (χ3v) is 4.63. The molecule has 1 heterocycles. The average molecular weight is 413 g/mol. The SMILES string of the molecule is O=C(c1ccccc1F)N(Cc1ccc(F)cc1)Cc1nc2cc(Cl)ccc2o1. The van der Waals surface area contributed by atoms with E-state index in [1.807, 2.05) is 0 Å². The van der Waals surface area contributed by atoms with Gasteiger partial charge >= 0.3 is 0 Å². The van der Waals surface area contributed by atoms with Gasteiger partial charge in [-0.25, -0.2) is 13.8 Å². The van der Waals surface area contributed by atoms with E-state index in [0.29, 0.717) is 21.7 Å². The topological polar surface area (TPSA) is 46.3 Å². The van der Waals surface area contributed by atoms with Gasteiger partial charge in [-0.1, -0.05) is 35.9 Å². The molecule has 0 bridgehead atoms. The summed E-state index contributed by atoms with van der Waals surface area (Å²) in [5.74, 6) is -1.23. The maximum Gasteiger partial charge on any atom is 0.257 e. The molecule has 0 saturated carbocycles. The maximum atomic E-state index is 14.2. The van der Waals surface area contributed by atoms with E-state index in [2.05, 4.69) is 4.98 Å². The fourth-order valence-corrected chi connectivity index (χ4v) is 3.16. The first-order valence-electron chi connectivity index (χ1n) is 8.83. The summed E-state index contributed by atoms with van der Waals surface area (Å²) in [5.41, 5.74) is 1.72. The summed E-state index contributed by atoms with van der Waals surface area (Å²) in [5, 5.41) is 0.517. The lowest BCUT2D eigenvalue weighted by molar-refractivity contribution is 0.0710. The molecule has 0 radical (unpaired) electrons. The molecule has 7 heteroatoms. The van der Waals surface area contributed by atoms with E-state index in [-0.39, 0.29) is 30.4 Å². The molecule has 0 atom stereocenters. The van der Waals surface area contributed by atoms with Crippen molar-refractivity contribution >= 4 is 28.6 Å². The van der Waals surface area contributed by atoms with E-state index < -0.39 is 11.7 Å². The fourth-order valence-electron chi connectivity index (χ4n) is 2.99. The molecule has 29 heavy (non-hydrogen) atoms. The second kappa shape index (κ2) is 8.01. The molecule has 0 saturated heterocycles. The minimum Gasteiger partial charge on any atom is -0.439 e. The summed E-state index contributed by atoms with van der Waals surface area (Å²) >= 11 is 5.98. The van der Waals surface area contributed by atoms with Crippen LogP contribution in [-0.2, 0) is 13.1 Å². The van der Waals surface area contributed by atoms with Gasteiger partial charge in [0.25, 0.3) is 5.91 Å². The van der Waals surface area contributed by atoms with Gasteiger partial charge in [-0.15, -0.1) is 0 Å². The number of carbonyl (C=O) groups excluding carboxylic acids is 1. The van der Waals surface area contributed by atoms with Crippen LogP contribution in [0.2, 0.25) is 5.02 Å². The van der Waals surface area contributed by atoms with Gasteiger partial charge in [-0.3, -0.25) is 4.79 Å². The van der Waals surface area contributed by atoms with E-state index >= 15 is 0 Å². The van der Waals surface area contributed by atoms with Crippen molar-refractivity contribution in [3.8, 4) is 0 Å². The van der Waals surface area contributed by atoms with E-state index in [4.69, 9.17) is 16.0 Å². The van der Waals surface area contributed by atoms with E-state index in [1.165, 1.54) is 35.2 Å². The predicted molar refractivity (Wildman–Crippen MR) is 105 cm³/mol. The van der Waals surface area contributed by atoms with Crippen molar-refractivity contribution < 1.29 is 18.0 Å². The van der Waals surface area contributed by atoms with Crippen molar-refractivity contribution in [2.24, 2.45) is 0 Å². The van der Waals surface area contributed by atoms with Crippen LogP contribution in [0.3, 0.4) is 0 Å². The highest BCUT2D eigenvalue weighted by atomic mass is 35.5. The number of oxazole rings is 1. The number of amides is 1. The van der Waals surface area contributed by atoms with Gasteiger partial charge < -0.3 is 9.32 Å². The highest BCUT2D eigenvalue weighted by Crippen LogP contribution is 2.22. The standard InChI is InChI=1S/C22H15ClF2N2O2/c23-15-7-10-20-19(11-15)26-21(29-20)13-27(12-14-5-8-16(24)9-6-14)22(28)17-3-1-2-4-18(17)25/h1-11H,12-13H2. The zero-order valence-electron chi connectivity index (χ0n) is 15.1. The summed E-state index contributed by atoms with van der Waals surface area (Å²) < 4.78 is 33.1. The van der Waals surface area contributed by atoms with Crippen LogP contribution in [0.15, 0.2) is 71.1 Å². The monoisotopic (exact) mass is 412 g/mol. The van der Waals surface area contributed by atoms with Crippen molar-refractivity contribution in [2.45, 2.75) is 13.1 Å². The quantitative estimate of drug-likeness (QED) is 0.428. The summed E-state index contributed by atoms with van der Waals surface area (Å²) in [4.78, 5) is 18.8. The number of carbonyl (C=O) groups is 1. The van der Waals surface area contributed by atoms with Crippen LogP contribution in [0.4, 0.5) is 8.78 Å². The van der Waals surface area contributed by atoms with Crippen molar-refractivity contribution in [2.75, 3.05) is 0 Å². The second-order valence-corrected chi connectivity index (χ2v) is 6.92.